The number of nitrogens with two attached hydrogens (primary N) is 1. The van der Waals surface area contributed by atoms with Crippen LogP contribution in [0.5, 0.6) is 5.75 Å². The number of ether oxygens (including phenoxy) is 1. The zero-order valence-electron chi connectivity index (χ0n) is 7.49. The van der Waals surface area contributed by atoms with Crippen LogP contribution in [0.25, 0.3) is 0 Å². The van der Waals surface area contributed by atoms with Crippen molar-refractivity contribution in [2.75, 3.05) is 0 Å². The maximum atomic E-state index is 11.4. The minimum atomic E-state index is -3.73. The van der Waals surface area contributed by atoms with Gasteiger partial charge in [-0.15, -0.1) is 0 Å². The van der Waals surface area contributed by atoms with Crippen LogP contribution in [0.2, 0.25) is 0 Å². The van der Waals surface area contributed by atoms with Crippen LogP contribution in [0, 0.1) is 0 Å². The molecule has 2 rings (SSSR count). The van der Waals surface area contributed by atoms with Gasteiger partial charge in [-0.1, -0.05) is 0 Å². The zero-order valence-corrected chi connectivity index (χ0v) is 8.31. The Morgan fingerprint density at radius 2 is 2.20 bits per heavy atom. The summed E-state index contributed by atoms with van der Waals surface area (Å²) in [5, 5.41) is -0.741. The van der Waals surface area contributed by atoms with Gasteiger partial charge >= 0.3 is 5.23 Å². The quantitative estimate of drug-likeness (QED) is 0.726. The molecule has 0 spiro atoms. The van der Waals surface area contributed by atoms with Crippen molar-refractivity contribution < 1.29 is 13.2 Å². The Kier molecular flexibility index (Phi) is 2.16. The summed E-state index contributed by atoms with van der Waals surface area (Å²) in [5.74, 6) is 0.294. The molecule has 0 aromatic carbocycles. The molecule has 0 radical (unpaired) electrons. The molecule has 78 valence electrons. The maximum absolute atomic E-state index is 11.4. The molecule has 1 aliphatic heterocycles. The number of sulfone groups is 1. The van der Waals surface area contributed by atoms with Crippen molar-refractivity contribution in [3.05, 3.63) is 35.8 Å². The second-order valence-electron chi connectivity index (χ2n) is 2.72. The van der Waals surface area contributed by atoms with E-state index in [0.717, 1.165) is 6.20 Å². The second kappa shape index (κ2) is 3.35. The summed E-state index contributed by atoms with van der Waals surface area (Å²) in [7, 11) is -3.73. The molecule has 1 aromatic rings. The van der Waals surface area contributed by atoms with Crippen LogP contribution in [0.4, 0.5) is 0 Å². The molecule has 0 aliphatic carbocycles. The van der Waals surface area contributed by atoms with Crippen molar-refractivity contribution in [2.45, 2.75) is 0 Å². The molecular formula is C8H7N3O3S. The fourth-order valence-electron chi connectivity index (χ4n) is 0.945. The Morgan fingerprint density at radius 3 is 2.73 bits per heavy atom. The van der Waals surface area contributed by atoms with Gasteiger partial charge in [-0.25, -0.2) is 13.4 Å². The third kappa shape index (κ3) is 1.68. The van der Waals surface area contributed by atoms with E-state index >= 15 is 0 Å². The van der Waals surface area contributed by atoms with Gasteiger partial charge in [0, 0.05) is 6.20 Å². The monoisotopic (exact) mass is 225 g/mol. The van der Waals surface area contributed by atoms with Gasteiger partial charge in [0.2, 0.25) is 0 Å². The third-order valence-electron chi connectivity index (χ3n) is 1.68. The van der Waals surface area contributed by atoms with Crippen molar-refractivity contribution >= 4 is 15.1 Å². The summed E-state index contributed by atoms with van der Waals surface area (Å²) < 4.78 is 27.9. The van der Waals surface area contributed by atoms with Crippen molar-refractivity contribution in [1.29, 1.82) is 0 Å². The van der Waals surface area contributed by atoms with Gasteiger partial charge in [-0.3, -0.25) is 4.98 Å². The van der Waals surface area contributed by atoms with Crippen molar-refractivity contribution in [3.63, 3.8) is 0 Å². The summed E-state index contributed by atoms with van der Waals surface area (Å²) in [5.41, 5.74) is 5.22. The van der Waals surface area contributed by atoms with Crippen LogP contribution in [-0.4, -0.2) is 18.6 Å². The molecular weight excluding hydrogens is 218 g/mol. The molecule has 2 N–H and O–H groups in total. The number of hydrogen-bond donors (Lipinski definition) is 1. The van der Waals surface area contributed by atoms with Gasteiger partial charge in [0.15, 0.2) is 5.03 Å². The van der Waals surface area contributed by atoms with Crippen LogP contribution in [0.15, 0.2) is 40.7 Å². The average molecular weight is 225 g/mol. The van der Waals surface area contributed by atoms with E-state index in [1.165, 1.54) is 6.20 Å². The predicted octanol–water partition coefficient (Wildman–Crippen LogP) is 0.00240. The number of nitrogens with zero attached hydrogens (tertiary/aromatic N) is 2. The van der Waals surface area contributed by atoms with E-state index in [4.69, 9.17) is 10.5 Å². The van der Waals surface area contributed by atoms with E-state index in [2.05, 4.69) is 9.98 Å². The average Bonchev–Trinajstić information content (AvgIpc) is 2.47. The molecule has 1 aromatic heterocycles. The highest BCUT2D eigenvalue weighted by Gasteiger charge is 2.30. The fourth-order valence-corrected chi connectivity index (χ4v) is 1.74. The molecule has 0 atom stereocenters. The highest BCUT2D eigenvalue weighted by molar-refractivity contribution is 8.09. The van der Waals surface area contributed by atoms with Crippen LogP contribution < -0.4 is 10.5 Å². The first-order valence-electron chi connectivity index (χ1n) is 3.97. The largest absolute Gasteiger partial charge is 0.428 e. The predicted molar refractivity (Wildman–Crippen MR) is 53.5 cm³/mol. The lowest BCUT2D eigenvalue weighted by Gasteiger charge is -2.03. The van der Waals surface area contributed by atoms with E-state index in [9.17, 15) is 8.42 Å². The van der Waals surface area contributed by atoms with Crippen LogP contribution >= 0.6 is 0 Å². The molecule has 0 fully saturated rings. The fraction of sp³-hybridized carbons (Fsp3) is 0. The van der Waals surface area contributed by atoms with E-state index in [0.29, 0.717) is 5.75 Å². The minimum absolute atomic E-state index is 0.294. The molecule has 15 heavy (non-hydrogen) atoms. The van der Waals surface area contributed by atoms with Crippen molar-refractivity contribution in [3.8, 4) is 5.75 Å². The SMILES string of the molecule is NC1=CN=C(Oc2cccnc2)S1(=O)=O. The van der Waals surface area contributed by atoms with Gasteiger partial charge in [0.05, 0.1) is 12.4 Å². The molecule has 6 nitrogen and oxygen atoms in total. The summed E-state index contributed by atoms with van der Waals surface area (Å²) in [6, 6.07) is 3.19. The summed E-state index contributed by atoms with van der Waals surface area (Å²) >= 11 is 0. The highest BCUT2D eigenvalue weighted by atomic mass is 32.2. The van der Waals surface area contributed by atoms with Crippen LogP contribution in [0.1, 0.15) is 0 Å². The Balaban J connectivity index is 2.25. The molecule has 0 saturated heterocycles. The first-order valence-corrected chi connectivity index (χ1v) is 5.45. The molecule has 0 amide bonds. The Labute approximate surface area is 86.0 Å². The molecule has 0 bridgehead atoms. The number of rotatable bonds is 1. The zero-order chi connectivity index (χ0) is 10.9. The minimum Gasteiger partial charge on any atom is -0.428 e. The Bertz CT molecular complexity index is 534. The van der Waals surface area contributed by atoms with Gasteiger partial charge < -0.3 is 10.5 Å². The maximum Gasteiger partial charge on any atom is 0.322 e. The number of aliphatic imine (C=N–C) groups is 1. The van der Waals surface area contributed by atoms with E-state index in [1.807, 2.05) is 0 Å². The smallest absolute Gasteiger partial charge is 0.322 e. The van der Waals surface area contributed by atoms with Crippen LogP contribution in [-0.2, 0) is 9.84 Å². The third-order valence-corrected chi connectivity index (χ3v) is 3.05. The topological polar surface area (TPSA) is 94.6 Å². The normalized spacial score (nSPS) is 18.1. The lowest BCUT2D eigenvalue weighted by Crippen LogP contribution is -2.22. The van der Waals surface area contributed by atoms with Gasteiger partial charge in [0.25, 0.3) is 9.84 Å². The van der Waals surface area contributed by atoms with Crippen molar-refractivity contribution in [1.82, 2.24) is 4.98 Å². The lowest BCUT2D eigenvalue weighted by atomic mass is 10.5. The number of pyridine rings is 1. The first-order chi connectivity index (χ1) is 7.10. The first kappa shape index (κ1) is 9.66. The summed E-state index contributed by atoms with van der Waals surface area (Å²) in [6.45, 7) is 0. The standard InChI is InChI=1S/C8H7N3O3S/c9-7-5-11-8(15(7,12)13)14-6-2-1-3-10-4-6/h1-5H,9H2. The lowest BCUT2D eigenvalue weighted by molar-refractivity contribution is 0.547. The number of hydrogen-bond acceptors (Lipinski definition) is 6. The number of aromatic nitrogens is 1. The Hall–Kier alpha value is -1.89. The summed E-state index contributed by atoms with van der Waals surface area (Å²) in [4.78, 5) is 7.33. The van der Waals surface area contributed by atoms with E-state index in [1.54, 1.807) is 18.3 Å². The van der Waals surface area contributed by atoms with Gasteiger partial charge in [0.1, 0.15) is 5.75 Å². The van der Waals surface area contributed by atoms with Crippen molar-refractivity contribution in [2.24, 2.45) is 10.7 Å². The van der Waals surface area contributed by atoms with Crippen LogP contribution in [0.3, 0.4) is 0 Å². The van der Waals surface area contributed by atoms with Gasteiger partial charge in [-0.2, -0.15) is 0 Å². The molecule has 0 saturated carbocycles. The summed E-state index contributed by atoms with van der Waals surface area (Å²) in [6.07, 6.45) is 3.97. The molecule has 7 heteroatoms. The molecule has 2 heterocycles. The molecule has 0 unspecified atom stereocenters. The second-order valence-corrected chi connectivity index (χ2v) is 4.55. The van der Waals surface area contributed by atoms with E-state index in [-0.39, 0.29) is 5.03 Å². The van der Waals surface area contributed by atoms with Gasteiger partial charge in [-0.05, 0) is 12.1 Å². The van der Waals surface area contributed by atoms with E-state index < -0.39 is 15.1 Å². The Morgan fingerprint density at radius 1 is 1.40 bits per heavy atom. The molecule has 1 aliphatic rings. The highest BCUT2D eigenvalue weighted by Crippen LogP contribution is 2.16.